The highest BCUT2D eigenvalue weighted by atomic mass is 35.5. The van der Waals surface area contributed by atoms with Crippen LogP contribution in [0.1, 0.15) is 10.5 Å². The van der Waals surface area contributed by atoms with Crippen LogP contribution < -0.4 is 15.5 Å². The smallest absolute Gasteiger partial charge is 0.280 e. The number of nitrogens with one attached hydrogen (secondary N) is 1. The molecule has 5 rings (SSSR count). The fourth-order valence-corrected chi connectivity index (χ4v) is 5.07. The molecule has 4 aromatic heterocycles. The summed E-state index contributed by atoms with van der Waals surface area (Å²) in [7, 11) is 0. The van der Waals surface area contributed by atoms with Crippen molar-refractivity contribution in [2.24, 2.45) is 0 Å². The highest BCUT2D eigenvalue weighted by Gasteiger charge is 2.23. The van der Waals surface area contributed by atoms with Crippen LogP contribution in [0.15, 0.2) is 94.1 Å². The molecule has 1 aromatic carbocycles. The monoisotopic (exact) mass is 552 g/mol. The molecule has 0 fully saturated rings. The Hall–Kier alpha value is -4.03. The normalized spacial score (nSPS) is 11.9. The maximum atomic E-state index is 13.2. The quantitative estimate of drug-likeness (QED) is 0.200. The summed E-state index contributed by atoms with van der Waals surface area (Å²) in [6.45, 7) is 0. The van der Waals surface area contributed by atoms with Gasteiger partial charge in [0.15, 0.2) is 22.4 Å². The number of aromatic nitrogens is 5. The number of carbonyl (C=O) groups is 1. The maximum absolute atomic E-state index is 13.2. The Balaban J connectivity index is 1.62. The summed E-state index contributed by atoms with van der Waals surface area (Å²) in [6.07, 6.45) is 6.58. The Kier molecular flexibility index (Phi) is 6.76. The lowest BCUT2D eigenvalue weighted by Gasteiger charge is -2.14. The molecule has 0 spiro atoms. The molecule has 184 valence electrons. The number of rotatable bonds is 5. The number of hydrogen-bond donors (Lipinski definition) is 1. The van der Waals surface area contributed by atoms with Crippen molar-refractivity contribution in [1.82, 2.24) is 19.7 Å². The Morgan fingerprint density at radius 2 is 1.81 bits per heavy atom. The number of nitrogens with zero attached hydrogens (tertiary/aromatic N) is 5. The molecule has 13 heteroatoms. The van der Waals surface area contributed by atoms with Crippen molar-refractivity contribution >= 4 is 57.0 Å². The highest BCUT2D eigenvalue weighted by Crippen LogP contribution is 2.29. The van der Waals surface area contributed by atoms with E-state index >= 15 is 0 Å². The van der Waals surface area contributed by atoms with Gasteiger partial charge in [0.05, 0.1) is 26.8 Å². The van der Waals surface area contributed by atoms with E-state index in [0.29, 0.717) is 20.2 Å². The van der Waals surface area contributed by atoms with Crippen LogP contribution in [0.2, 0.25) is 10.0 Å². The Labute approximate surface area is 221 Å². The van der Waals surface area contributed by atoms with Gasteiger partial charge in [-0.25, -0.2) is 9.67 Å². The van der Waals surface area contributed by atoms with Crippen LogP contribution in [0.4, 0.5) is 5.69 Å². The lowest BCUT2D eigenvalue weighted by atomic mass is 10.2. The molecule has 0 aliphatic rings. The standard InChI is InChI=1S/C24H14Cl2N6O4S/c25-18-11-27-12-19(26)20(18)29-24(34)21-22(33)17-7-2-8-28-23(17)32(30-21)14-4-1-5-15(10-14)37(36)16-6-3-9-31(35)13-16/h1-13H,(H,27,29,34). The lowest BCUT2D eigenvalue weighted by molar-refractivity contribution is -0.607. The molecule has 0 saturated heterocycles. The average Bonchev–Trinajstić information content (AvgIpc) is 2.91. The average molecular weight is 553 g/mol. The van der Waals surface area contributed by atoms with Crippen molar-refractivity contribution in [2.75, 3.05) is 5.32 Å². The van der Waals surface area contributed by atoms with Crippen LogP contribution in [0.3, 0.4) is 0 Å². The predicted molar refractivity (Wildman–Crippen MR) is 137 cm³/mol. The van der Waals surface area contributed by atoms with Gasteiger partial charge in [-0.2, -0.15) is 9.83 Å². The van der Waals surface area contributed by atoms with Crippen LogP contribution in [0.5, 0.6) is 0 Å². The van der Waals surface area contributed by atoms with E-state index in [1.165, 1.54) is 47.8 Å². The molecule has 1 atom stereocenters. The summed E-state index contributed by atoms with van der Waals surface area (Å²) < 4.78 is 15.0. The largest absolute Gasteiger partial charge is 0.619 e. The van der Waals surface area contributed by atoms with E-state index < -0.39 is 28.2 Å². The molecule has 4 heterocycles. The van der Waals surface area contributed by atoms with E-state index in [2.05, 4.69) is 20.4 Å². The maximum Gasteiger partial charge on any atom is 0.280 e. The summed E-state index contributed by atoms with van der Waals surface area (Å²) in [5.74, 6) is -0.844. The number of pyridine rings is 3. The van der Waals surface area contributed by atoms with Gasteiger partial charge in [-0.3, -0.25) is 14.6 Å². The molecule has 0 radical (unpaired) electrons. The van der Waals surface area contributed by atoms with Crippen LogP contribution >= 0.6 is 23.2 Å². The Bertz CT molecular complexity index is 1710. The highest BCUT2D eigenvalue weighted by molar-refractivity contribution is 7.91. The summed E-state index contributed by atoms with van der Waals surface area (Å²) in [6, 6.07) is 12.6. The molecule has 1 amide bonds. The molecule has 0 bridgehead atoms. The molecule has 5 aromatic rings. The SMILES string of the molecule is O=C(Nc1c(Cl)cncc1Cl)c1nn(-c2cccc([S+]([O-])c3ccc[n+]([O-])c3)c2)c2ncccc2c1=O. The number of amides is 1. The summed E-state index contributed by atoms with van der Waals surface area (Å²) in [5.41, 5.74) is -0.439. The molecule has 10 nitrogen and oxygen atoms in total. The Morgan fingerprint density at radius 1 is 1.05 bits per heavy atom. The van der Waals surface area contributed by atoms with Crippen LogP contribution in [0, 0.1) is 5.21 Å². The van der Waals surface area contributed by atoms with Gasteiger partial charge in [-0.1, -0.05) is 29.3 Å². The van der Waals surface area contributed by atoms with E-state index in [1.54, 1.807) is 36.4 Å². The molecule has 37 heavy (non-hydrogen) atoms. The zero-order valence-corrected chi connectivity index (χ0v) is 20.9. The van der Waals surface area contributed by atoms with Crippen molar-refractivity contribution in [1.29, 1.82) is 0 Å². The van der Waals surface area contributed by atoms with E-state index in [-0.39, 0.29) is 26.8 Å². The van der Waals surface area contributed by atoms with Gasteiger partial charge in [0.1, 0.15) is 0 Å². The predicted octanol–water partition coefficient (Wildman–Crippen LogP) is 3.53. The molecule has 1 unspecified atom stereocenters. The first kappa shape index (κ1) is 24.7. The molecule has 0 aliphatic carbocycles. The second-order valence-corrected chi connectivity index (χ2v) is 9.86. The van der Waals surface area contributed by atoms with Crippen LogP contribution in [0.25, 0.3) is 16.7 Å². The van der Waals surface area contributed by atoms with Gasteiger partial charge < -0.3 is 15.1 Å². The fraction of sp³-hybridized carbons (Fsp3) is 0. The van der Waals surface area contributed by atoms with E-state index in [9.17, 15) is 19.3 Å². The third-order valence-electron chi connectivity index (χ3n) is 5.19. The zero-order chi connectivity index (χ0) is 26.1. The molecular formula is C24H14Cl2N6O4S. The molecule has 0 aliphatic heterocycles. The second-order valence-electron chi connectivity index (χ2n) is 7.56. The van der Waals surface area contributed by atoms with E-state index in [4.69, 9.17) is 23.2 Å². The third kappa shape index (κ3) is 4.85. The minimum atomic E-state index is -1.68. The minimum Gasteiger partial charge on any atom is -0.619 e. The fourth-order valence-electron chi connectivity index (χ4n) is 3.51. The second kappa shape index (κ2) is 10.1. The van der Waals surface area contributed by atoms with Gasteiger partial charge in [-0.15, -0.1) is 0 Å². The third-order valence-corrected chi connectivity index (χ3v) is 7.12. The number of benzene rings is 1. The van der Waals surface area contributed by atoms with Crippen molar-refractivity contribution in [3.63, 3.8) is 0 Å². The van der Waals surface area contributed by atoms with Crippen molar-refractivity contribution in [3.05, 3.63) is 111 Å². The minimum absolute atomic E-state index is 0.0817. The van der Waals surface area contributed by atoms with Crippen LogP contribution in [-0.4, -0.2) is 30.2 Å². The Morgan fingerprint density at radius 3 is 2.57 bits per heavy atom. The molecular weight excluding hydrogens is 539 g/mol. The number of carbonyl (C=O) groups excluding carboxylic acids is 1. The number of halogens is 2. The topological polar surface area (TPSA) is 140 Å². The first-order valence-electron chi connectivity index (χ1n) is 10.5. The summed E-state index contributed by atoms with van der Waals surface area (Å²) in [4.78, 5) is 35.1. The van der Waals surface area contributed by atoms with Gasteiger partial charge in [0.2, 0.25) is 16.5 Å². The number of fused-ring (bicyclic) bond motifs is 1. The van der Waals surface area contributed by atoms with Crippen LogP contribution in [-0.2, 0) is 11.2 Å². The molecule has 1 N–H and O–H groups in total. The number of anilines is 1. The van der Waals surface area contributed by atoms with Crippen molar-refractivity contribution in [2.45, 2.75) is 9.79 Å². The van der Waals surface area contributed by atoms with Crippen molar-refractivity contribution in [3.8, 4) is 5.69 Å². The lowest BCUT2D eigenvalue weighted by Crippen LogP contribution is -2.27. The number of hydrogen-bond acceptors (Lipinski definition) is 7. The van der Waals surface area contributed by atoms with Crippen molar-refractivity contribution < 1.29 is 14.1 Å². The van der Waals surface area contributed by atoms with Gasteiger partial charge in [0, 0.05) is 48.0 Å². The van der Waals surface area contributed by atoms with Gasteiger partial charge in [0.25, 0.3) is 5.91 Å². The van der Waals surface area contributed by atoms with Gasteiger partial charge in [-0.05, 0) is 24.3 Å². The first-order valence-corrected chi connectivity index (χ1v) is 12.4. The zero-order valence-electron chi connectivity index (χ0n) is 18.5. The van der Waals surface area contributed by atoms with E-state index in [0.717, 1.165) is 0 Å². The van der Waals surface area contributed by atoms with E-state index in [1.807, 2.05) is 0 Å². The summed E-state index contributed by atoms with van der Waals surface area (Å²) in [5, 5.41) is 18.7. The molecule has 0 saturated carbocycles. The first-order chi connectivity index (χ1) is 17.8. The van der Waals surface area contributed by atoms with Gasteiger partial charge >= 0.3 is 0 Å². The summed E-state index contributed by atoms with van der Waals surface area (Å²) >= 11 is 10.5.